The van der Waals surface area contributed by atoms with Crippen molar-refractivity contribution in [2.75, 3.05) is 19.8 Å². The van der Waals surface area contributed by atoms with Gasteiger partial charge in [-0.15, -0.1) is 0 Å². The number of benzene rings is 2. The van der Waals surface area contributed by atoms with Gasteiger partial charge in [0.1, 0.15) is 89.6 Å². The van der Waals surface area contributed by atoms with Crippen molar-refractivity contribution in [2.45, 2.75) is 92.1 Å². The molecular weight excluding hydrogens is 748 g/mol. The van der Waals surface area contributed by atoms with Crippen molar-refractivity contribution in [2.24, 2.45) is 0 Å². The van der Waals surface area contributed by atoms with Crippen LogP contribution in [0.1, 0.15) is 0 Å². The second-order valence-electron chi connectivity index (χ2n) is 13.1. The van der Waals surface area contributed by atoms with Gasteiger partial charge in [0.25, 0.3) is 0 Å². The van der Waals surface area contributed by atoms with Gasteiger partial charge >= 0.3 is 0 Å². The molecule has 2 aromatic carbocycles. The predicted molar refractivity (Wildman–Crippen MR) is 174 cm³/mol. The normalized spacial score (nSPS) is 36.9. The Morgan fingerprint density at radius 1 is 0.564 bits per heavy atom. The quantitative estimate of drug-likeness (QED) is 0.0856. The van der Waals surface area contributed by atoms with Gasteiger partial charge in [0.15, 0.2) is 35.9 Å². The zero-order chi connectivity index (χ0) is 40.0. The molecule has 1 aromatic heterocycles. The van der Waals surface area contributed by atoms with Crippen LogP contribution < -0.4 is 10.2 Å². The number of phenols is 4. The van der Waals surface area contributed by atoms with E-state index in [0.29, 0.717) is 0 Å². The smallest absolute Gasteiger partial charge is 0.239 e. The summed E-state index contributed by atoms with van der Waals surface area (Å²) in [6.07, 6.45) is -28.7. The summed E-state index contributed by atoms with van der Waals surface area (Å²) in [7, 11) is 0. The molecule has 3 aliphatic rings. The first-order chi connectivity index (χ1) is 26.1. The number of aliphatic hydroxyl groups excluding tert-OH is 10. The van der Waals surface area contributed by atoms with E-state index in [1.54, 1.807) is 0 Å². The second kappa shape index (κ2) is 16.3. The van der Waals surface area contributed by atoms with Crippen molar-refractivity contribution >= 4 is 11.0 Å². The van der Waals surface area contributed by atoms with Crippen molar-refractivity contribution in [3.63, 3.8) is 0 Å². The van der Waals surface area contributed by atoms with Gasteiger partial charge in [-0.2, -0.15) is 0 Å². The van der Waals surface area contributed by atoms with Gasteiger partial charge in [-0.05, 0) is 18.2 Å². The van der Waals surface area contributed by atoms with Gasteiger partial charge in [0, 0.05) is 17.7 Å². The number of fused-ring (bicyclic) bond motifs is 1. The molecule has 0 amide bonds. The molecule has 55 heavy (non-hydrogen) atoms. The lowest BCUT2D eigenvalue weighted by atomic mass is 9.96. The fourth-order valence-corrected chi connectivity index (χ4v) is 6.44. The maximum absolute atomic E-state index is 14.0. The molecule has 0 unspecified atom stereocenters. The van der Waals surface area contributed by atoms with Crippen LogP contribution in [0.25, 0.3) is 22.3 Å². The summed E-state index contributed by atoms with van der Waals surface area (Å²) >= 11 is 0. The molecular formula is C33H40O22. The highest BCUT2D eigenvalue weighted by Crippen LogP contribution is 2.40. The molecule has 15 atom stereocenters. The molecule has 3 fully saturated rings. The monoisotopic (exact) mass is 788 g/mol. The van der Waals surface area contributed by atoms with E-state index in [1.807, 2.05) is 0 Å². The van der Waals surface area contributed by atoms with Crippen molar-refractivity contribution in [1.82, 2.24) is 0 Å². The number of rotatable bonds is 10. The molecule has 3 aromatic rings. The fraction of sp³-hybridized carbons (Fsp3) is 0.545. The molecule has 14 N–H and O–H groups in total. The SMILES string of the molecule is O=c1c(O[C@@H]2O[C@@H](CO)[C@@H](O)[C@H](O)[C@H]2O[C@@H]2O[C@@H](CO)[C@@H](O)[C@@H](O)[C@H]2O[C@@H]2O[C@H](CO)[C@@H](O)[C@@H](O)[C@H]2O)c(-c2ccc(O)c(O)c2)oc2cc(O)cc(O)c12. The molecule has 0 spiro atoms. The first-order valence-corrected chi connectivity index (χ1v) is 16.7. The van der Waals surface area contributed by atoms with E-state index in [-0.39, 0.29) is 11.1 Å². The third-order valence-electron chi connectivity index (χ3n) is 9.47. The highest BCUT2D eigenvalue weighted by molar-refractivity contribution is 5.88. The van der Waals surface area contributed by atoms with Crippen LogP contribution >= 0.6 is 0 Å². The molecule has 304 valence electrons. The van der Waals surface area contributed by atoms with E-state index in [1.165, 1.54) is 6.07 Å². The number of aromatic hydroxyl groups is 4. The Kier molecular flexibility index (Phi) is 12.0. The number of hydrogen-bond donors (Lipinski definition) is 14. The lowest BCUT2D eigenvalue weighted by Crippen LogP contribution is -2.67. The van der Waals surface area contributed by atoms with E-state index >= 15 is 0 Å². The molecule has 0 radical (unpaired) electrons. The third-order valence-corrected chi connectivity index (χ3v) is 9.47. The molecule has 0 aliphatic carbocycles. The highest BCUT2D eigenvalue weighted by Gasteiger charge is 2.54. The van der Waals surface area contributed by atoms with Gasteiger partial charge in [0.2, 0.25) is 17.5 Å². The Labute approximate surface area is 307 Å². The molecule has 6 rings (SSSR count). The summed E-state index contributed by atoms with van der Waals surface area (Å²) < 4.78 is 40.0. The molecule has 22 nitrogen and oxygen atoms in total. The van der Waals surface area contributed by atoms with Crippen molar-refractivity contribution < 1.29 is 104 Å². The summed E-state index contributed by atoms with van der Waals surface area (Å²) in [5.74, 6) is -3.88. The van der Waals surface area contributed by atoms with Gasteiger partial charge in [-0.1, -0.05) is 0 Å². The van der Waals surface area contributed by atoms with Crippen LogP contribution in [0, 0.1) is 0 Å². The van der Waals surface area contributed by atoms with Crippen molar-refractivity contribution in [1.29, 1.82) is 0 Å². The summed E-state index contributed by atoms with van der Waals surface area (Å²) in [5.41, 5.74) is -1.66. The minimum absolute atomic E-state index is 0.133. The molecule has 3 aliphatic heterocycles. The van der Waals surface area contributed by atoms with Crippen molar-refractivity contribution in [3.8, 4) is 40.1 Å². The van der Waals surface area contributed by atoms with E-state index in [0.717, 1.165) is 24.3 Å². The van der Waals surface area contributed by atoms with Gasteiger partial charge in [0.05, 0.1) is 19.8 Å². The van der Waals surface area contributed by atoms with Crippen LogP contribution in [0.15, 0.2) is 39.5 Å². The highest BCUT2D eigenvalue weighted by atomic mass is 16.8. The summed E-state index contributed by atoms with van der Waals surface area (Å²) in [6, 6.07) is 4.95. The Bertz CT molecular complexity index is 1870. The lowest BCUT2D eigenvalue weighted by Gasteiger charge is -2.48. The first-order valence-electron chi connectivity index (χ1n) is 16.7. The second-order valence-corrected chi connectivity index (χ2v) is 13.1. The maximum atomic E-state index is 14.0. The minimum Gasteiger partial charge on any atom is -0.508 e. The summed E-state index contributed by atoms with van der Waals surface area (Å²) in [6.45, 7) is -2.76. The van der Waals surface area contributed by atoms with E-state index in [9.17, 15) is 76.3 Å². The molecule has 22 heteroatoms. The van der Waals surface area contributed by atoms with Crippen LogP contribution in [0.3, 0.4) is 0 Å². The van der Waals surface area contributed by atoms with E-state index in [2.05, 4.69) is 0 Å². The Balaban J connectivity index is 1.41. The predicted octanol–water partition coefficient (Wildman–Crippen LogP) is -4.89. The van der Waals surface area contributed by atoms with Crippen LogP contribution in [0.2, 0.25) is 0 Å². The van der Waals surface area contributed by atoms with Crippen LogP contribution in [-0.2, 0) is 23.7 Å². The molecule has 4 heterocycles. The van der Waals surface area contributed by atoms with Gasteiger partial charge in [-0.3, -0.25) is 4.79 Å². The average Bonchev–Trinajstić information content (AvgIpc) is 3.15. The Morgan fingerprint density at radius 3 is 1.67 bits per heavy atom. The standard InChI is InChI=1S/C33H40O22/c34-6-15-19(41)23(45)26(48)31(50-15)54-29-24(46)20(42)17(8-36)52-33(29)55-30-25(47)21(43)16(7-35)51-32(30)53-28-22(44)18-13(40)4-10(37)5-14(18)49-27(28)9-1-2-11(38)12(39)3-9/h1-5,15-17,19-21,23-26,29-43,45-48H,6-8H2/t15-,16+,17+,19-,20-,21-,23-,24-,25+,26-,29-,30-,31+,32+,33+/m1/s1. The first kappa shape index (κ1) is 40.7. The van der Waals surface area contributed by atoms with Crippen LogP contribution in [-0.4, -0.2) is 183 Å². The van der Waals surface area contributed by atoms with Gasteiger partial charge in [-0.25, -0.2) is 0 Å². The number of phenolic OH excluding ortho intramolecular Hbond substituents is 4. The lowest BCUT2D eigenvalue weighted by molar-refractivity contribution is -0.389. The Hall–Kier alpha value is -3.95. The van der Waals surface area contributed by atoms with Crippen molar-refractivity contribution in [3.05, 3.63) is 40.6 Å². The zero-order valence-electron chi connectivity index (χ0n) is 28.2. The van der Waals surface area contributed by atoms with Gasteiger partial charge < -0.3 is 104 Å². The molecule has 0 bridgehead atoms. The summed E-state index contributed by atoms with van der Waals surface area (Å²) in [5, 5.41) is 145. The number of hydrogen-bond acceptors (Lipinski definition) is 22. The molecule has 0 saturated carbocycles. The summed E-state index contributed by atoms with van der Waals surface area (Å²) in [4.78, 5) is 14.0. The fourth-order valence-electron chi connectivity index (χ4n) is 6.44. The van der Waals surface area contributed by atoms with E-state index in [4.69, 9.17) is 32.8 Å². The minimum atomic E-state index is -2.12. The third kappa shape index (κ3) is 7.63. The van der Waals surface area contributed by atoms with Crippen LogP contribution in [0.4, 0.5) is 0 Å². The van der Waals surface area contributed by atoms with E-state index < -0.39 is 157 Å². The Morgan fingerprint density at radius 2 is 1.09 bits per heavy atom. The topological polar surface area (TPSA) is 369 Å². The average molecular weight is 789 g/mol. The maximum Gasteiger partial charge on any atom is 0.239 e. The van der Waals surface area contributed by atoms with Crippen LogP contribution in [0.5, 0.6) is 28.7 Å². The largest absolute Gasteiger partial charge is 0.508 e. The molecule has 3 saturated heterocycles. The zero-order valence-corrected chi connectivity index (χ0v) is 28.2. The number of aliphatic hydroxyl groups is 10. The number of ether oxygens (including phenoxy) is 6.